The molecule has 3 nitrogen and oxygen atoms in total. The van der Waals surface area contributed by atoms with Crippen molar-refractivity contribution in [3.63, 3.8) is 0 Å². The summed E-state index contributed by atoms with van der Waals surface area (Å²) in [5.41, 5.74) is 0.575. The molecule has 0 bridgehead atoms. The van der Waals surface area contributed by atoms with Gasteiger partial charge in [0.25, 0.3) is 5.56 Å². The van der Waals surface area contributed by atoms with E-state index in [2.05, 4.69) is 4.98 Å². The summed E-state index contributed by atoms with van der Waals surface area (Å²) in [6.45, 7) is 4.00. The lowest BCUT2D eigenvalue weighted by molar-refractivity contribution is 0.112. The summed E-state index contributed by atoms with van der Waals surface area (Å²) >= 11 is 0. The van der Waals surface area contributed by atoms with Crippen LogP contribution in [0.5, 0.6) is 0 Å². The van der Waals surface area contributed by atoms with Crippen molar-refractivity contribution in [1.29, 1.82) is 0 Å². The molecule has 0 aliphatic carbocycles. The van der Waals surface area contributed by atoms with Crippen molar-refractivity contribution in [2.45, 2.75) is 13.8 Å². The lowest BCUT2D eigenvalue weighted by Gasteiger charge is -1.96. The molecule has 0 spiro atoms. The molecule has 1 aromatic carbocycles. The summed E-state index contributed by atoms with van der Waals surface area (Å²) < 4.78 is 0. The van der Waals surface area contributed by atoms with Crippen LogP contribution in [-0.4, -0.2) is 11.3 Å². The van der Waals surface area contributed by atoms with Crippen molar-refractivity contribution in [3.05, 3.63) is 46.2 Å². The Balaban J connectivity index is 0.000000531. The van der Waals surface area contributed by atoms with E-state index >= 15 is 0 Å². The van der Waals surface area contributed by atoms with Gasteiger partial charge in [-0.05, 0) is 17.5 Å². The van der Waals surface area contributed by atoms with Crippen LogP contribution in [-0.2, 0) is 0 Å². The minimum absolute atomic E-state index is 0.165. The fourth-order valence-corrected chi connectivity index (χ4v) is 1.25. The predicted molar refractivity (Wildman–Crippen MR) is 61.3 cm³/mol. The van der Waals surface area contributed by atoms with Gasteiger partial charge in [-0.15, -0.1) is 0 Å². The number of hydrogen-bond donors (Lipinski definition) is 1. The standard InChI is InChI=1S/C10H7NO2.C2H6/c12-6-8-5-7-3-1-2-4-9(7)11-10(8)13;1-2/h1-6H,(H,11,13);1-2H3. The Morgan fingerprint density at radius 1 is 1.20 bits per heavy atom. The molecule has 3 heteroatoms. The molecule has 0 unspecified atom stereocenters. The third kappa shape index (κ3) is 2.31. The number of aldehydes is 1. The monoisotopic (exact) mass is 203 g/mol. The molecule has 1 aromatic heterocycles. The molecule has 78 valence electrons. The number of aromatic nitrogens is 1. The molecule has 0 radical (unpaired) electrons. The molecule has 0 aliphatic heterocycles. The van der Waals surface area contributed by atoms with Crippen LogP contribution in [0.15, 0.2) is 35.1 Å². The molecule has 0 atom stereocenters. The zero-order valence-electron chi connectivity index (χ0n) is 8.78. The highest BCUT2D eigenvalue weighted by Gasteiger charge is 1.99. The predicted octanol–water partition coefficient (Wildman–Crippen LogP) is 2.37. The molecule has 1 heterocycles. The molecule has 15 heavy (non-hydrogen) atoms. The third-order valence-electron chi connectivity index (χ3n) is 1.91. The molecule has 0 saturated carbocycles. The van der Waals surface area contributed by atoms with Gasteiger partial charge in [-0.2, -0.15) is 0 Å². The molecule has 0 aliphatic rings. The van der Waals surface area contributed by atoms with Gasteiger partial charge in [0.15, 0.2) is 6.29 Å². The minimum Gasteiger partial charge on any atom is -0.321 e. The Kier molecular flexibility index (Phi) is 3.80. The summed E-state index contributed by atoms with van der Waals surface area (Å²) in [5.74, 6) is 0. The summed E-state index contributed by atoms with van der Waals surface area (Å²) in [6.07, 6.45) is 0.561. The molecule has 0 saturated heterocycles. The highest BCUT2D eigenvalue weighted by atomic mass is 16.1. The second kappa shape index (κ2) is 5.10. The van der Waals surface area contributed by atoms with Gasteiger partial charge < -0.3 is 4.98 Å². The van der Waals surface area contributed by atoms with E-state index in [9.17, 15) is 9.59 Å². The van der Waals surface area contributed by atoms with Crippen molar-refractivity contribution >= 4 is 17.2 Å². The fraction of sp³-hybridized carbons (Fsp3) is 0.167. The van der Waals surface area contributed by atoms with Gasteiger partial charge >= 0.3 is 0 Å². The molecule has 2 aromatic rings. The average Bonchev–Trinajstić information content (AvgIpc) is 2.31. The number of hydrogen-bond acceptors (Lipinski definition) is 2. The number of pyridine rings is 1. The zero-order valence-corrected chi connectivity index (χ0v) is 8.78. The number of nitrogens with one attached hydrogen (secondary N) is 1. The van der Waals surface area contributed by atoms with Crippen LogP contribution < -0.4 is 5.56 Å². The van der Waals surface area contributed by atoms with Crippen molar-refractivity contribution in [2.24, 2.45) is 0 Å². The first-order chi connectivity index (χ1) is 7.31. The maximum atomic E-state index is 11.2. The average molecular weight is 203 g/mol. The normalized spacial score (nSPS) is 9.20. The zero-order chi connectivity index (χ0) is 11.3. The van der Waals surface area contributed by atoms with Crippen molar-refractivity contribution in [2.75, 3.05) is 0 Å². The van der Waals surface area contributed by atoms with E-state index in [1.807, 2.05) is 32.0 Å². The van der Waals surface area contributed by atoms with Crippen LogP contribution in [0.2, 0.25) is 0 Å². The minimum atomic E-state index is -0.339. The Morgan fingerprint density at radius 2 is 1.87 bits per heavy atom. The number of H-pyrrole nitrogens is 1. The maximum absolute atomic E-state index is 11.2. The smallest absolute Gasteiger partial charge is 0.259 e. The van der Waals surface area contributed by atoms with E-state index in [0.717, 1.165) is 10.9 Å². The number of aromatic amines is 1. The molecular weight excluding hydrogens is 190 g/mol. The van der Waals surface area contributed by atoms with Gasteiger partial charge in [-0.3, -0.25) is 9.59 Å². The first kappa shape index (κ1) is 11.2. The first-order valence-corrected chi connectivity index (χ1v) is 4.88. The van der Waals surface area contributed by atoms with Gasteiger partial charge in [-0.25, -0.2) is 0 Å². The highest BCUT2D eigenvalue weighted by molar-refractivity contribution is 5.85. The van der Waals surface area contributed by atoms with Crippen molar-refractivity contribution < 1.29 is 4.79 Å². The number of benzene rings is 1. The van der Waals surface area contributed by atoms with Crippen LogP contribution >= 0.6 is 0 Å². The van der Waals surface area contributed by atoms with Crippen LogP contribution in [0, 0.1) is 0 Å². The largest absolute Gasteiger partial charge is 0.321 e. The number of para-hydroxylation sites is 1. The van der Waals surface area contributed by atoms with Crippen LogP contribution in [0.1, 0.15) is 24.2 Å². The molecule has 1 N–H and O–H groups in total. The van der Waals surface area contributed by atoms with Crippen LogP contribution in [0.4, 0.5) is 0 Å². The van der Waals surface area contributed by atoms with Crippen molar-refractivity contribution in [3.8, 4) is 0 Å². The quantitative estimate of drug-likeness (QED) is 0.723. The third-order valence-corrected chi connectivity index (χ3v) is 1.91. The first-order valence-electron chi connectivity index (χ1n) is 4.88. The Hall–Kier alpha value is -1.90. The topological polar surface area (TPSA) is 49.9 Å². The van der Waals surface area contributed by atoms with Crippen LogP contribution in [0.25, 0.3) is 10.9 Å². The lowest BCUT2D eigenvalue weighted by atomic mass is 10.2. The van der Waals surface area contributed by atoms with Crippen molar-refractivity contribution in [1.82, 2.24) is 4.98 Å². The van der Waals surface area contributed by atoms with E-state index in [1.54, 1.807) is 12.1 Å². The molecule has 2 rings (SSSR count). The summed E-state index contributed by atoms with van der Waals surface area (Å²) in [5, 5.41) is 0.865. The summed E-state index contributed by atoms with van der Waals surface area (Å²) in [6, 6.07) is 8.92. The fourth-order valence-electron chi connectivity index (χ4n) is 1.25. The van der Waals surface area contributed by atoms with Gasteiger partial charge in [0.2, 0.25) is 0 Å². The highest BCUT2D eigenvalue weighted by Crippen LogP contribution is 2.08. The van der Waals surface area contributed by atoms with Gasteiger partial charge in [0, 0.05) is 5.52 Å². The SMILES string of the molecule is CC.O=Cc1cc2ccccc2[nH]c1=O. The van der Waals surface area contributed by atoms with Gasteiger partial charge in [0.05, 0.1) is 5.56 Å². The summed E-state index contributed by atoms with van der Waals surface area (Å²) in [7, 11) is 0. The van der Waals surface area contributed by atoms with Crippen LogP contribution in [0.3, 0.4) is 0 Å². The van der Waals surface area contributed by atoms with Gasteiger partial charge in [-0.1, -0.05) is 32.0 Å². The number of fused-ring (bicyclic) bond motifs is 1. The number of carbonyl (C=O) groups excluding carboxylic acids is 1. The molecular formula is C12H13NO2. The van der Waals surface area contributed by atoms with E-state index in [4.69, 9.17) is 0 Å². The molecule has 0 fully saturated rings. The lowest BCUT2D eigenvalue weighted by Crippen LogP contribution is -2.10. The maximum Gasteiger partial charge on any atom is 0.259 e. The van der Waals surface area contributed by atoms with E-state index in [1.165, 1.54) is 0 Å². The van der Waals surface area contributed by atoms with Gasteiger partial charge in [0.1, 0.15) is 0 Å². The molecule has 0 amide bonds. The Labute approximate surface area is 87.8 Å². The second-order valence-electron chi connectivity index (χ2n) is 2.76. The number of rotatable bonds is 1. The second-order valence-corrected chi connectivity index (χ2v) is 2.76. The van der Waals surface area contributed by atoms with E-state index in [-0.39, 0.29) is 11.1 Å². The van der Waals surface area contributed by atoms with E-state index < -0.39 is 0 Å². The summed E-state index contributed by atoms with van der Waals surface area (Å²) in [4.78, 5) is 24.3. The Morgan fingerprint density at radius 3 is 2.53 bits per heavy atom. The number of carbonyl (C=O) groups is 1. The Bertz CT molecular complexity index is 514. The van der Waals surface area contributed by atoms with E-state index in [0.29, 0.717) is 6.29 Å².